The maximum Gasteiger partial charge on any atom is 0.309 e. The van der Waals surface area contributed by atoms with E-state index in [0.29, 0.717) is 0 Å². The molecule has 9 heteroatoms. The van der Waals surface area contributed by atoms with Crippen LogP contribution in [-0.4, -0.2) is 29.3 Å². The molecule has 0 spiro atoms. The Labute approximate surface area is 83.6 Å². The Morgan fingerprint density at radius 3 is 2.79 bits per heavy atom. The van der Waals surface area contributed by atoms with Gasteiger partial charge in [0, 0.05) is 17.1 Å². The van der Waals surface area contributed by atoms with Gasteiger partial charge in [0.2, 0.25) is 9.05 Å². The van der Waals surface area contributed by atoms with Crippen LogP contribution in [0.2, 0.25) is 0 Å². The second kappa shape index (κ2) is 3.93. The maximum absolute atomic E-state index is 10.6. The van der Waals surface area contributed by atoms with Gasteiger partial charge < -0.3 is 0 Å². The van der Waals surface area contributed by atoms with Gasteiger partial charge in [-0.15, -0.1) is 0 Å². The highest BCUT2D eigenvalue weighted by molar-refractivity contribution is 8.13. The zero-order valence-electron chi connectivity index (χ0n) is 6.81. The summed E-state index contributed by atoms with van der Waals surface area (Å²) in [5.74, 6) is -0.364. The monoisotopic (exact) mass is 239 g/mol. The van der Waals surface area contributed by atoms with Crippen molar-refractivity contribution in [1.82, 2.24) is 10.2 Å². The third-order valence-corrected chi connectivity index (χ3v) is 2.64. The highest BCUT2D eigenvalue weighted by Gasteiger charge is 2.17. The molecule has 1 rings (SSSR count). The van der Waals surface area contributed by atoms with Crippen molar-refractivity contribution in [3.05, 3.63) is 22.0 Å². The zero-order valence-corrected chi connectivity index (χ0v) is 8.38. The van der Waals surface area contributed by atoms with Crippen LogP contribution in [0.4, 0.5) is 5.69 Å². The van der Waals surface area contributed by atoms with Gasteiger partial charge in [-0.25, -0.2) is 8.42 Å². The van der Waals surface area contributed by atoms with Gasteiger partial charge in [0.1, 0.15) is 11.9 Å². The van der Waals surface area contributed by atoms with Crippen LogP contribution in [-0.2, 0) is 15.5 Å². The van der Waals surface area contributed by atoms with Crippen molar-refractivity contribution in [2.75, 3.05) is 5.75 Å². The van der Waals surface area contributed by atoms with Gasteiger partial charge in [0.25, 0.3) is 0 Å². The summed E-state index contributed by atoms with van der Waals surface area (Å²) < 4.78 is 21.1. The number of aromatic nitrogens is 2. The average molecular weight is 240 g/mol. The van der Waals surface area contributed by atoms with E-state index in [9.17, 15) is 18.5 Å². The first kappa shape index (κ1) is 10.9. The van der Waals surface area contributed by atoms with E-state index < -0.39 is 14.0 Å². The number of nitrogens with one attached hydrogen (secondary N) is 1. The van der Waals surface area contributed by atoms with E-state index in [1.54, 1.807) is 0 Å². The van der Waals surface area contributed by atoms with Crippen molar-refractivity contribution < 1.29 is 13.3 Å². The quantitative estimate of drug-likeness (QED) is 0.466. The molecule has 0 aliphatic heterocycles. The zero-order chi connectivity index (χ0) is 10.8. The van der Waals surface area contributed by atoms with Crippen LogP contribution in [0.15, 0.2) is 6.20 Å². The van der Waals surface area contributed by atoms with E-state index in [-0.39, 0.29) is 23.6 Å². The first-order valence-corrected chi connectivity index (χ1v) is 5.97. The lowest BCUT2D eigenvalue weighted by Crippen LogP contribution is -2.03. The molecule has 1 N–H and O–H groups in total. The number of rotatable bonds is 4. The summed E-state index contributed by atoms with van der Waals surface area (Å²) in [6.07, 6.45) is 0.971. The van der Waals surface area contributed by atoms with Crippen molar-refractivity contribution in [3.8, 4) is 0 Å². The Balaban J connectivity index is 2.77. The van der Waals surface area contributed by atoms with Gasteiger partial charge in [0.15, 0.2) is 0 Å². The van der Waals surface area contributed by atoms with Crippen LogP contribution in [0.5, 0.6) is 0 Å². The van der Waals surface area contributed by atoms with Gasteiger partial charge in [-0.2, -0.15) is 5.10 Å². The number of H-pyrrole nitrogens is 1. The fraction of sp³-hybridized carbons (Fsp3) is 0.400. The number of halogens is 1. The molecule has 7 nitrogen and oxygen atoms in total. The van der Waals surface area contributed by atoms with Gasteiger partial charge in [0.05, 0.1) is 10.7 Å². The van der Waals surface area contributed by atoms with E-state index in [0.717, 1.165) is 6.20 Å². The Morgan fingerprint density at radius 2 is 2.29 bits per heavy atom. The second-order valence-corrected chi connectivity index (χ2v) is 5.38. The Morgan fingerprint density at radius 1 is 1.64 bits per heavy atom. The minimum atomic E-state index is -3.64. The number of aryl methyl sites for hydroxylation is 1. The van der Waals surface area contributed by atoms with Crippen molar-refractivity contribution in [2.24, 2.45) is 0 Å². The highest BCUT2D eigenvalue weighted by atomic mass is 35.7. The summed E-state index contributed by atoms with van der Waals surface area (Å²) in [5.41, 5.74) is -0.0791. The Bertz CT molecular complexity index is 440. The first-order valence-electron chi connectivity index (χ1n) is 3.49. The molecule has 14 heavy (non-hydrogen) atoms. The van der Waals surface area contributed by atoms with Gasteiger partial charge in [-0.3, -0.25) is 15.2 Å². The molecule has 0 bridgehead atoms. The normalized spacial score (nSPS) is 11.5. The fourth-order valence-corrected chi connectivity index (χ4v) is 1.55. The lowest BCUT2D eigenvalue weighted by atomic mass is 10.3. The lowest BCUT2D eigenvalue weighted by Gasteiger charge is -1.94. The average Bonchev–Trinajstić information content (AvgIpc) is 2.46. The number of nitro groups is 1. The van der Waals surface area contributed by atoms with E-state index in [4.69, 9.17) is 10.7 Å². The third kappa shape index (κ3) is 2.96. The summed E-state index contributed by atoms with van der Waals surface area (Å²) in [4.78, 5) is 9.73. The Kier molecular flexibility index (Phi) is 3.06. The van der Waals surface area contributed by atoms with E-state index in [1.807, 2.05) is 0 Å². The second-order valence-electron chi connectivity index (χ2n) is 2.48. The molecular weight excluding hydrogens is 234 g/mol. The van der Waals surface area contributed by atoms with Crippen LogP contribution in [0.25, 0.3) is 0 Å². The molecule has 0 unspecified atom stereocenters. The molecule has 0 radical (unpaired) electrons. The molecule has 78 valence electrons. The summed E-state index contributed by atoms with van der Waals surface area (Å²) in [5, 5.41) is 16.2. The molecule has 0 aliphatic carbocycles. The van der Waals surface area contributed by atoms with E-state index in [2.05, 4.69) is 10.2 Å². The fourth-order valence-electron chi connectivity index (χ4n) is 0.872. The number of aromatic amines is 1. The molecule has 0 aromatic carbocycles. The van der Waals surface area contributed by atoms with Crippen LogP contribution < -0.4 is 0 Å². The molecule has 1 aromatic heterocycles. The number of hydrogen-bond acceptors (Lipinski definition) is 5. The predicted molar refractivity (Wildman–Crippen MR) is 48.6 cm³/mol. The van der Waals surface area contributed by atoms with Crippen LogP contribution in [0.3, 0.4) is 0 Å². The molecule has 1 heterocycles. The minimum Gasteiger partial charge on any atom is -0.275 e. The molecule has 0 fully saturated rings. The molecule has 0 saturated heterocycles. The maximum atomic E-state index is 10.6. The van der Waals surface area contributed by atoms with Crippen molar-refractivity contribution in [2.45, 2.75) is 6.42 Å². The molecular formula is C5H6ClN3O4S. The predicted octanol–water partition coefficient (Wildman–Crippen LogP) is 0.429. The van der Waals surface area contributed by atoms with E-state index in [1.165, 1.54) is 0 Å². The van der Waals surface area contributed by atoms with Crippen LogP contribution >= 0.6 is 10.7 Å². The van der Waals surface area contributed by atoms with Crippen molar-refractivity contribution in [1.29, 1.82) is 0 Å². The SMILES string of the molecule is O=[N+]([O-])c1cn[nH]c1CCS(=O)(=O)Cl. The molecule has 0 saturated carbocycles. The highest BCUT2D eigenvalue weighted by Crippen LogP contribution is 2.15. The van der Waals surface area contributed by atoms with Gasteiger partial charge >= 0.3 is 5.69 Å². The standard InChI is InChI=1S/C5H6ClN3O4S/c6-14(12,13)2-1-4-5(9(10)11)3-7-8-4/h3H,1-2H2,(H,7,8). The van der Waals surface area contributed by atoms with Crippen LogP contribution in [0.1, 0.15) is 5.69 Å². The molecule has 1 aromatic rings. The smallest absolute Gasteiger partial charge is 0.275 e. The van der Waals surface area contributed by atoms with Crippen molar-refractivity contribution >= 4 is 25.4 Å². The third-order valence-electron chi connectivity index (χ3n) is 1.49. The van der Waals surface area contributed by atoms with Crippen molar-refractivity contribution in [3.63, 3.8) is 0 Å². The topological polar surface area (TPSA) is 106 Å². The molecule has 0 atom stereocenters. The summed E-state index contributed by atoms with van der Waals surface area (Å²) >= 11 is 0. The summed E-state index contributed by atoms with van der Waals surface area (Å²) in [6, 6.07) is 0. The van der Waals surface area contributed by atoms with Gasteiger partial charge in [-0.1, -0.05) is 0 Å². The van der Waals surface area contributed by atoms with Crippen LogP contribution in [0, 0.1) is 10.1 Å². The first-order chi connectivity index (χ1) is 6.40. The summed E-state index contributed by atoms with van der Waals surface area (Å²) in [7, 11) is 1.31. The molecule has 0 amide bonds. The van der Waals surface area contributed by atoms with E-state index >= 15 is 0 Å². The minimum absolute atomic E-state index is 0.0534. The molecule has 0 aliphatic rings. The largest absolute Gasteiger partial charge is 0.309 e. The summed E-state index contributed by atoms with van der Waals surface area (Å²) in [6.45, 7) is 0. The number of nitrogens with zero attached hydrogens (tertiary/aromatic N) is 2. The van der Waals surface area contributed by atoms with Gasteiger partial charge in [-0.05, 0) is 0 Å². The lowest BCUT2D eigenvalue weighted by molar-refractivity contribution is -0.385. The number of hydrogen-bond donors (Lipinski definition) is 1. The Hall–Kier alpha value is -1.15.